The van der Waals surface area contributed by atoms with Crippen molar-refractivity contribution in [3.8, 4) is 5.75 Å². The molecule has 2 heterocycles. The number of ether oxygens (including phenoxy) is 1. The van der Waals surface area contributed by atoms with Crippen LogP contribution >= 0.6 is 0 Å². The Hall–Kier alpha value is -1.81. The first-order valence-corrected chi connectivity index (χ1v) is 11.7. The predicted octanol–water partition coefficient (Wildman–Crippen LogP) is 5.92. The van der Waals surface area contributed by atoms with E-state index in [1.54, 1.807) is 6.07 Å². The summed E-state index contributed by atoms with van der Waals surface area (Å²) in [4.78, 5) is 12.6. The third-order valence-electron chi connectivity index (χ3n) is 6.60. The lowest BCUT2D eigenvalue weighted by Crippen LogP contribution is -2.33. The number of fused-ring (bicyclic) bond motifs is 1. The van der Waals surface area contributed by atoms with Crippen LogP contribution in [0.25, 0.3) is 11.0 Å². The SMILES string of the molecule is O=c1cc(C2CCCC2)oc2ccc(OCCCCCCC3CCCCN3)cc12. The Morgan fingerprint density at radius 1 is 0.966 bits per heavy atom. The lowest BCUT2D eigenvalue weighted by Gasteiger charge is -2.23. The van der Waals surface area contributed by atoms with E-state index >= 15 is 0 Å². The van der Waals surface area contributed by atoms with Crippen LogP contribution in [0.5, 0.6) is 5.75 Å². The highest BCUT2D eigenvalue weighted by molar-refractivity contribution is 5.78. The highest BCUT2D eigenvalue weighted by Crippen LogP contribution is 2.34. The minimum atomic E-state index is 0.0509. The smallest absolute Gasteiger partial charge is 0.193 e. The molecular weight excluding hydrogens is 362 g/mol. The number of benzene rings is 1. The molecule has 1 saturated heterocycles. The van der Waals surface area contributed by atoms with Gasteiger partial charge in [0.05, 0.1) is 12.0 Å². The van der Waals surface area contributed by atoms with Crippen molar-refractivity contribution in [3.05, 3.63) is 40.2 Å². The maximum absolute atomic E-state index is 12.6. The van der Waals surface area contributed by atoms with Gasteiger partial charge >= 0.3 is 0 Å². The van der Waals surface area contributed by atoms with Gasteiger partial charge in [-0.3, -0.25) is 4.79 Å². The van der Waals surface area contributed by atoms with E-state index in [4.69, 9.17) is 9.15 Å². The molecule has 1 aliphatic heterocycles. The highest BCUT2D eigenvalue weighted by Gasteiger charge is 2.20. The Morgan fingerprint density at radius 2 is 1.79 bits per heavy atom. The van der Waals surface area contributed by atoms with E-state index in [1.165, 1.54) is 64.3 Å². The first kappa shape index (κ1) is 20.5. The topological polar surface area (TPSA) is 51.5 Å². The second-order valence-electron chi connectivity index (χ2n) is 8.85. The van der Waals surface area contributed by atoms with E-state index in [1.807, 2.05) is 18.2 Å². The Labute approximate surface area is 174 Å². The van der Waals surface area contributed by atoms with Gasteiger partial charge in [-0.25, -0.2) is 0 Å². The van der Waals surface area contributed by atoms with Gasteiger partial charge < -0.3 is 14.5 Å². The largest absolute Gasteiger partial charge is 0.494 e. The van der Waals surface area contributed by atoms with Crippen molar-refractivity contribution in [1.29, 1.82) is 0 Å². The number of hydrogen-bond acceptors (Lipinski definition) is 4. The number of rotatable bonds is 9. The van der Waals surface area contributed by atoms with Crippen molar-refractivity contribution in [3.63, 3.8) is 0 Å². The van der Waals surface area contributed by atoms with Gasteiger partial charge in [-0.2, -0.15) is 0 Å². The molecule has 2 aliphatic rings. The van der Waals surface area contributed by atoms with Gasteiger partial charge in [-0.15, -0.1) is 0 Å². The fraction of sp³-hybridized carbons (Fsp3) is 0.640. The Kier molecular flexibility index (Phi) is 7.26. The van der Waals surface area contributed by atoms with Crippen LogP contribution in [-0.2, 0) is 0 Å². The maximum atomic E-state index is 12.6. The Bertz CT molecular complexity index is 832. The van der Waals surface area contributed by atoms with Gasteiger partial charge in [0.15, 0.2) is 5.43 Å². The van der Waals surface area contributed by atoms with Crippen LogP contribution in [0.4, 0.5) is 0 Å². The molecule has 29 heavy (non-hydrogen) atoms. The average Bonchev–Trinajstić information content (AvgIpc) is 3.29. The summed E-state index contributed by atoms with van der Waals surface area (Å²) in [6.07, 6.45) is 14.9. The fourth-order valence-electron chi connectivity index (χ4n) is 4.86. The van der Waals surface area contributed by atoms with Crippen molar-refractivity contribution in [2.75, 3.05) is 13.2 Å². The number of unbranched alkanes of at least 4 members (excludes halogenated alkanes) is 3. The third kappa shape index (κ3) is 5.63. The quantitative estimate of drug-likeness (QED) is 0.534. The van der Waals surface area contributed by atoms with E-state index in [2.05, 4.69) is 5.32 Å². The van der Waals surface area contributed by atoms with E-state index in [0.717, 1.165) is 36.8 Å². The zero-order valence-corrected chi connectivity index (χ0v) is 17.6. The molecule has 1 aromatic heterocycles. The minimum Gasteiger partial charge on any atom is -0.494 e. The summed E-state index contributed by atoms with van der Waals surface area (Å²) in [7, 11) is 0. The Morgan fingerprint density at radius 3 is 2.62 bits per heavy atom. The van der Waals surface area contributed by atoms with Crippen molar-refractivity contribution < 1.29 is 9.15 Å². The second kappa shape index (κ2) is 10.3. The molecule has 0 bridgehead atoms. The minimum absolute atomic E-state index is 0.0509. The van der Waals surface area contributed by atoms with Crippen LogP contribution in [-0.4, -0.2) is 19.2 Å². The van der Waals surface area contributed by atoms with Gasteiger partial charge in [0.1, 0.15) is 17.1 Å². The normalized spacial score (nSPS) is 20.3. The zero-order valence-electron chi connectivity index (χ0n) is 17.6. The van der Waals surface area contributed by atoms with E-state index in [0.29, 0.717) is 23.5 Å². The molecule has 1 unspecified atom stereocenters. The summed E-state index contributed by atoms with van der Waals surface area (Å²) in [5.41, 5.74) is 0.734. The molecule has 4 rings (SSSR count). The lowest BCUT2D eigenvalue weighted by atomic mass is 9.99. The standard InChI is InChI=1S/C25H35NO3/c27-23-18-25(19-9-4-5-10-19)29-24-14-13-21(17-22(23)24)28-16-8-2-1-3-11-20-12-6-7-15-26-20/h13-14,17-20,26H,1-12,15-16H2. The van der Waals surface area contributed by atoms with Gasteiger partial charge in [0.2, 0.25) is 0 Å². The molecule has 1 aromatic carbocycles. The molecule has 4 heteroatoms. The van der Waals surface area contributed by atoms with E-state index < -0.39 is 0 Å². The molecule has 158 valence electrons. The van der Waals surface area contributed by atoms with Crippen molar-refractivity contribution in [1.82, 2.24) is 5.32 Å². The summed E-state index contributed by atoms with van der Waals surface area (Å²) in [6.45, 7) is 1.91. The van der Waals surface area contributed by atoms with Gasteiger partial charge in [-0.05, 0) is 63.3 Å². The molecule has 2 fully saturated rings. The van der Waals surface area contributed by atoms with E-state index in [-0.39, 0.29) is 5.43 Å². The average molecular weight is 398 g/mol. The predicted molar refractivity (Wildman–Crippen MR) is 118 cm³/mol. The molecule has 0 radical (unpaired) electrons. The lowest BCUT2D eigenvalue weighted by molar-refractivity contribution is 0.302. The molecule has 1 saturated carbocycles. The van der Waals surface area contributed by atoms with E-state index in [9.17, 15) is 4.79 Å². The molecular formula is C25H35NO3. The molecule has 0 spiro atoms. The number of nitrogens with one attached hydrogen (secondary N) is 1. The van der Waals surface area contributed by atoms with Crippen molar-refractivity contribution >= 4 is 11.0 Å². The van der Waals surface area contributed by atoms with Gasteiger partial charge in [0.25, 0.3) is 0 Å². The first-order valence-electron chi connectivity index (χ1n) is 11.7. The van der Waals surface area contributed by atoms with Crippen LogP contribution in [0.15, 0.2) is 33.5 Å². The maximum Gasteiger partial charge on any atom is 0.193 e. The third-order valence-corrected chi connectivity index (χ3v) is 6.60. The summed E-state index contributed by atoms with van der Waals surface area (Å²) >= 11 is 0. The van der Waals surface area contributed by atoms with Crippen LogP contribution in [0.3, 0.4) is 0 Å². The molecule has 1 N–H and O–H groups in total. The van der Waals surface area contributed by atoms with Crippen LogP contribution in [0, 0.1) is 0 Å². The number of hydrogen-bond donors (Lipinski definition) is 1. The van der Waals surface area contributed by atoms with Gasteiger partial charge in [0, 0.05) is 18.0 Å². The monoisotopic (exact) mass is 397 g/mol. The first-order chi connectivity index (χ1) is 14.3. The molecule has 0 amide bonds. The fourth-order valence-corrected chi connectivity index (χ4v) is 4.86. The molecule has 2 aromatic rings. The molecule has 4 nitrogen and oxygen atoms in total. The second-order valence-corrected chi connectivity index (χ2v) is 8.85. The highest BCUT2D eigenvalue weighted by atomic mass is 16.5. The van der Waals surface area contributed by atoms with Gasteiger partial charge in [-0.1, -0.05) is 38.5 Å². The summed E-state index contributed by atoms with van der Waals surface area (Å²) in [5.74, 6) is 2.04. The summed E-state index contributed by atoms with van der Waals surface area (Å²) in [5, 5.41) is 4.25. The van der Waals surface area contributed by atoms with Crippen LogP contribution < -0.4 is 15.5 Å². The van der Waals surface area contributed by atoms with Crippen LogP contribution in [0.1, 0.15) is 88.7 Å². The van der Waals surface area contributed by atoms with Crippen LogP contribution in [0.2, 0.25) is 0 Å². The summed E-state index contributed by atoms with van der Waals surface area (Å²) in [6, 6.07) is 8.11. The molecule has 1 aliphatic carbocycles. The van der Waals surface area contributed by atoms with Crippen molar-refractivity contribution in [2.24, 2.45) is 0 Å². The zero-order chi connectivity index (χ0) is 19.9. The Balaban J connectivity index is 1.22. The number of piperidine rings is 1. The van der Waals surface area contributed by atoms with Crippen molar-refractivity contribution in [2.45, 2.75) is 89.0 Å². The summed E-state index contributed by atoms with van der Waals surface area (Å²) < 4.78 is 11.9. The molecule has 1 atom stereocenters.